The smallest absolute Gasteiger partial charge is 0.357 e. The van der Waals surface area contributed by atoms with E-state index < -0.39 is 0 Å². The van der Waals surface area contributed by atoms with Gasteiger partial charge in [0.15, 0.2) is 5.69 Å². The average Bonchev–Trinajstić information content (AvgIpc) is 3.21. The molecule has 1 saturated carbocycles. The largest absolute Gasteiger partial charge is 0.461 e. The van der Waals surface area contributed by atoms with E-state index in [0.29, 0.717) is 29.2 Å². The molecule has 25 heavy (non-hydrogen) atoms. The Morgan fingerprint density at radius 2 is 2.12 bits per heavy atom. The molecule has 0 saturated heterocycles. The summed E-state index contributed by atoms with van der Waals surface area (Å²) in [4.78, 5) is 16.8. The first-order chi connectivity index (χ1) is 12.1. The summed E-state index contributed by atoms with van der Waals surface area (Å²) >= 11 is 6.22. The molecule has 2 aliphatic carbocycles. The van der Waals surface area contributed by atoms with Crippen LogP contribution < -0.4 is 10.6 Å². The number of hydrogen-bond acceptors (Lipinski definition) is 4. The third-order valence-corrected chi connectivity index (χ3v) is 6.17. The van der Waals surface area contributed by atoms with Crippen LogP contribution in [-0.4, -0.2) is 17.6 Å². The fraction of sp³-hybridized carbons (Fsp3) is 0.368. The maximum atomic E-state index is 12.3. The van der Waals surface area contributed by atoms with Crippen molar-refractivity contribution in [2.24, 2.45) is 0 Å². The Labute approximate surface area is 154 Å². The van der Waals surface area contributed by atoms with Gasteiger partial charge in [0, 0.05) is 10.7 Å². The molecule has 0 radical (unpaired) electrons. The number of carbonyl (C=O) groups is 1. The molecule has 3 atom stereocenters. The molecule has 6 heteroatoms. The molecule has 3 unspecified atom stereocenters. The fourth-order valence-electron chi connectivity index (χ4n) is 4.12. The topological polar surface area (TPSA) is 51.2 Å². The third kappa shape index (κ3) is 2.92. The highest BCUT2D eigenvalue weighted by molar-refractivity contribution is 7.28. The molecule has 2 bridgehead atoms. The lowest BCUT2D eigenvalue weighted by Gasteiger charge is -2.21. The van der Waals surface area contributed by atoms with Crippen molar-refractivity contribution in [1.29, 1.82) is 0 Å². The number of hydrogen-bond donors (Lipinski definition) is 1. The van der Waals surface area contributed by atoms with Gasteiger partial charge in [-0.2, -0.15) is 0 Å². The normalized spacial score (nSPS) is 20.4. The molecule has 0 spiro atoms. The average molecular weight is 375 g/mol. The minimum atomic E-state index is -0.312. The minimum absolute atomic E-state index is 0.312. The quantitative estimate of drug-likeness (QED) is 0.631. The third-order valence-electron chi connectivity index (χ3n) is 5.16. The van der Waals surface area contributed by atoms with Crippen LogP contribution in [0.3, 0.4) is 0 Å². The zero-order valence-corrected chi connectivity index (χ0v) is 15.9. The Morgan fingerprint density at radius 1 is 1.36 bits per heavy atom. The SMILES string of the molecule is CCOC(=O)c1ncc(Nc2ccc(P)c(Cl)c2)c2c1C1CCC2C1. The number of rotatable bonds is 4. The van der Waals surface area contributed by atoms with Gasteiger partial charge in [-0.05, 0) is 66.6 Å². The van der Waals surface area contributed by atoms with Crippen molar-refractivity contribution in [3.8, 4) is 0 Å². The monoisotopic (exact) mass is 374 g/mol. The van der Waals surface area contributed by atoms with Crippen LogP contribution in [-0.2, 0) is 4.74 Å². The molecular weight excluding hydrogens is 355 g/mol. The Kier molecular flexibility index (Phi) is 4.43. The molecule has 1 heterocycles. The maximum Gasteiger partial charge on any atom is 0.357 e. The molecule has 2 aromatic rings. The number of nitrogens with zero attached hydrogens (tertiary/aromatic N) is 1. The van der Waals surface area contributed by atoms with Crippen LogP contribution in [0, 0.1) is 0 Å². The van der Waals surface area contributed by atoms with Crippen molar-refractivity contribution in [1.82, 2.24) is 4.98 Å². The summed E-state index contributed by atoms with van der Waals surface area (Å²) in [6.45, 7) is 2.18. The lowest BCUT2D eigenvalue weighted by molar-refractivity contribution is 0.0517. The van der Waals surface area contributed by atoms with E-state index in [9.17, 15) is 4.79 Å². The van der Waals surface area contributed by atoms with Crippen LogP contribution >= 0.6 is 20.8 Å². The van der Waals surface area contributed by atoms with Gasteiger partial charge in [-0.1, -0.05) is 17.7 Å². The Morgan fingerprint density at radius 3 is 2.84 bits per heavy atom. The van der Waals surface area contributed by atoms with Gasteiger partial charge in [0.1, 0.15) is 0 Å². The van der Waals surface area contributed by atoms with Gasteiger partial charge in [-0.3, -0.25) is 0 Å². The molecule has 4 rings (SSSR count). The first kappa shape index (κ1) is 16.8. The second-order valence-corrected chi connectivity index (χ2v) is 7.67. The molecule has 0 amide bonds. The molecule has 1 fully saturated rings. The zero-order valence-electron chi connectivity index (χ0n) is 14.0. The molecule has 130 valence electrons. The summed E-state index contributed by atoms with van der Waals surface area (Å²) in [6, 6.07) is 5.86. The minimum Gasteiger partial charge on any atom is -0.461 e. The summed E-state index contributed by atoms with van der Waals surface area (Å²) in [6.07, 6.45) is 5.16. The van der Waals surface area contributed by atoms with Crippen molar-refractivity contribution < 1.29 is 9.53 Å². The van der Waals surface area contributed by atoms with Crippen LogP contribution in [0.25, 0.3) is 0 Å². The van der Waals surface area contributed by atoms with Crippen molar-refractivity contribution in [3.63, 3.8) is 0 Å². The Balaban J connectivity index is 1.75. The number of benzene rings is 1. The zero-order chi connectivity index (χ0) is 17.6. The molecule has 1 aromatic carbocycles. The fourth-order valence-corrected chi connectivity index (χ4v) is 4.48. The van der Waals surface area contributed by atoms with E-state index >= 15 is 0 Å². The summed E-state index contributed by atoms with van der Waals surface area (Å²) in [7, 11) is 2.62. The standard InChI is InChI=1S/C19H20ClN2O2P/c1-2-24-19(23)18-17-11-4-3-10(7-11)16(17)14(9-21-18)22-12-5-6-15(25)13(20)8-12/h5-6,8-11,22H,2-4,7,25H2,1H3. The summed E-state index contributed by atoms with van der Waals surface area (Å²) in [5, 5.41) is 5.11. The van der Waals surface area contributed by atoms with Crippen LogP contribution in [0.4, 0.5) is 11.4 Å². The summed E-state index contributed by atoms with van der Waals surface area (Å²) < 4.78 is 5.21. The predicted octanol–water partition coefficient (Wildman–Crippen LogP) is 4.52. The van der Waals surface area contributed by atoms with Crippen molar-refractivity contribution in [3.05, 3.63) is 46.2 Å². The highest BCUT2D eigenvalue weighted by atomic mass is 35.5. The van der Waals surface area contributed by atoms with Crippen LogP contribution in [0.1, 0.15) is 59.6 Å². The Bertz CT molecular complexity index is 856. The summed E-state index contributed by atoms with van der Waals surface area (Å²) in [5.41, 5.74) is 4.72. The van der Waals surface area contributed by atoms with Gasteiger partial charge in [0.2, 0.25) is 0 Å². The van der Waals surface area contributed by atoms with E-state index in [-0.39, 0.29) is 5.97 Å². The van der Waals surface area contributed by atoms with E-state index in [1.54, 1.807) is 6.20 Å². The number of carbonyl (C=O) groups excluding carboxylic acids is 1. The Hall–Kier alpha value is -1.64. The molecule has 2 aliphatic rings. The van der Waals surface area contributed by atoms with E-state index in [2.05, 4.69) is 19.5 Å². The highest BCUT2D eigenvalue weighted by Gasteiger charge is 2.42. The van der Waals surface area contributed by atoms with Crippen LogP contribution in [0.2, 0.25) is 5.02 Å². The highest BCUT2D eigenvalue weighted by Crippen LogP contribution is 2.56. The number of nitrogens with one attached hydrogen (secondary N) is 1. The van der Waals surface area contributed by atoms with Crippen molar-refractivity contribution in [2.75, 3.05) is 11.9 Å². The van der Waals surface area contributed by atoms with E-state index in [1.165, 1.54) is 12.0 Å². The number of fused-ring (bicyclic) bond motifs is 5. The maximum absolute atomic E-state index is 12.3. The predicted molar refractivity (Wildman–Crippen MR) is 104 cm³/mol. The number of anilines is 2. The lowest BCUT2D eigenvalue weighted by atomic mass is 9.89. The van der Waals surface area contributed by atoms with Gasteiger partial charge >= 0.3 is 5.97 Å². The molecule has 1 N–H and O–H groups in total. The van der Waals surface area contributed by atoms with Gasteiger partial charge in [0.25, 0.3) is 0 Å². The van der Waals surface area contributed by atoms with Crippen LogP contribution in [0.15, 0.2) is 24.4 Å². The van der Waals surface area contributed by atoms with Gasteiger partial charge in [-0.15, -0.1) is 9.24 Å². The lowest BCUT2D eigenvalue weighted by Crippen LogP contribution is -2.15. The number of pyridine rings is 1. The molecule has 0 aliphatic heterocycles. The second-order valence-electron chi connectivity index (χ2n) is 6.64. The van der Waals surface area contributed by atoms with Gasteiger partial charge < -0.3 is 10.1 Å². The van der Waals surface area contributed by atoms with E-state index in [4.69, 9.17) is 16.3 Å². The number of esters is 1. The van der Waals surface area contributed by atoms with Crippen molar-refractivity contribution in [2.45, 2.75) is 38.0 Å². The number of halogens is 1. The van der Waals surface area contributed by atoms with Crippen LogP contribution in [0.5, 0.6) is 0 Å². The van der Waals surface area contributed by atoms with Crippen molar-refractivity contribution >= 4 is 43.5 Å². The van der Waals surface area contributed by atoms with E-state index in [0.717, 1.165) is 35.1 Å². The second kappa shape index (κ2) is 6.59. The van der Waals surface area contributed by atoms with E-state index in [1.807, 2.05) is 25.1 Å². The first-order valence-corrected chi connectivity index (χ1v) is 9.56. The number of aromatic nitrogens is 1. The molecule has 1 aromatic heterocycles. The molecular formula is C19H20ClN2O2P. The summed E-state index contributed by atoms with van der Waals surface area (Å²) in [5.74, 6) is 0.607. The van der Waals surface area contributed by atoms with Gasteiger partial charge in [-0.25, -0.2) is 9.78 Å². The molecule has 4 nitrogen and oxygen atoms in total. The number of ether oxygens (including phenoxy) is 1. The first-order valence-electron chi connectivity index (χ1n) is 8.60. The van der Waals surface area contributed by atoms with Gasteiger partial charge in [0.05, 0.1) is 18.5 Å².